The van der Waals surface area contributed by atoms with Crippen molar-refractivity contribution in [2.45, 2.75) is 0 Å². The second-order valence-electron chi connectivity index (χ2n) is 1.44. The van der Waals surface area contributed by atoms with E-state index in [-0.39, 0.29) is 12.3 Å². The SMILES string of the molecule is C#CCON=C(C#N)C(=N)N. The molecule has 5 nitrogen and oxygen atoms in total. The van der Waals surface area contributed by atoms with Crippen molar-refractivity contribution in [3.8, 4) is 18.4 Å². The number of rotatable bonds is 3. The summed E-state index contributed by atoms with van der Waals surface area (Å²) in [4.78, 5) is 4.41. The molecule has 56 valence electrons. The third-order valence-corrected chi connectivity index (χ3v) is 0.665. The van der Waals surface area contributed by atoms with Gasteiger partial charge in [0.25, 0.3) is 0 Å². The van der Waals surface area contributed by atoms with Gasteiger partial charge in [0.15, 0.2) is 12.4 Å². The van der Waals surface area contributed by atoms with Gasteiger partial charge in [0, 0.05) is 0 Å². The van der Waals surface area contributed by atoms with Gasteiger partial charge in [-0.25, -0.2) is 0 Å². The summed E-state index contributed by atoms with van der Waals surface area (Å²) >= 11 is 0. The lowest BCUT2D eigenvalue weighted by molar-refractivity contribution is 0.181. The number of hydrogen-bond donors (Lipinski definition) is 2. The van der Waals surface area contributed by atoms with E-state index >= 15 is 0 Å². The second kappa shape index (κ2) is 4.83. The zero-order chi connectivity index (χ0) is 8.69. The molecule has 0 amide bonds. The maximum Gasteiger partial charge on any atom is 0.220 e. The highest BCUT2D eigenvalue weighted by Crippen LogP contribution is 1.79. The lowest BCUT2D eigenvalue weighted by atomic mass is 10.4. The number of oxime groups is 1. The molecule has 0 aromatic carbocycles. The molecule has 0 fully saturated rings. The molecule has 0 aliphatic rings. The van der Waals surface area contributed by atoms with Crippen LogP contribution in [0.15, 0.2) is 5.16 Å². The fourth-order valence-electron chi connectivity index (χ4n) is 0.264. The van der Waals surface area contributed by atoms with Crippen molar-refractivity contribution in [2.24, 2.45) is 10.9 Å². The first-order valence-corrected chi connectivity index (χ1v) is 2.60. The minimum absolute atomic E-state index is 0.0432. The van der Waals surface area contributed by atoms with Gasteiger partial charge in [-0.1, -0.05) is 11.1 Å². The molecule has 0 saturated heterocycles. The molecule has 11 heavy (non-hydrogen) atoms. The van der Waals surface area contributed by atoms with Crippen LogP contribution in [-0.2, 0) is 4.84 Å². The number of amidine groups is 1. The average molecular weight is 150 g/mol. The Morgan fingerprint density at radius 1 is 1.82 bits per heavy atom. The van der Waals surface area contributed by atoms with Crippen molar-refractivity contribution in [1.29, 1.82) is 10.7 Å². The minimum Gasteiger partial charge on any atom is -0.382 e. The van der Waals surface area contributed by atoms with E-state index in [4.69, 9.17) is 22.8 Å². The Balaban J connectivity index is 4.08. The summed E-state index contributed by atoms with van der Waals surface area (Å²) in [5, 5.41) is 18.2. The highest BCUT2D eigenvalue weighted by atomic mass is 16.6. The molecular formula is C6H6N4O. The number of terminal acetylenes is 1. The predicted molar refractivity (Wildman–Crippen MR) is 39.7 cm³/mol. The topological polar surface area (TPSA) is 95.2 Å². The second-order valence-corrected chi connectivity index (χ2v) is 1.44. The molecule has 0 aromatic rings. The van der Waals surface area contributed by atoms with Gasteiger partial charge in [-0.15, -0.1) is 6.42 Å². The van der Waals surface area contributed by atoms with E-state index in [9.17, 15) is 0 Å². The molecule has 0 unspecified atom stereocenters. The highest BCUT2D eigenvalue weighted by molar-refractivity contribution is 6.45. The Labute approximate surface area is 63.9 Å². The normalized spacial score (nSPS) is 9.45. The summed E-state index contributed by atoms with van der Waals surface area (Å²) < 4.78 is 0. The number of hydrogen-bond acceptors (Lipinski definition) is 4. The van der Waals surface area contributed by atoms with Crippen LogP contribution in [0.3, 0.4) is 0 Å². The maximum atomic E-state index is 8.26. The van der Waals surface area contributed by atoms with Gasteiger partial charge in [0.1, 0.15) is 6.07 Å². The molecule has 0 aliphatic carbocycles. The predicted octanol–water partition coefficient (Wildman–Crippen LogP) is -0.548. The van der Waals surface area contributed by atoms with Crippen molar-refractivity contribution in [1.82, 2.24) is 0 Å². The molecule has 0 spiro atoms. The number of nitrogens with one attached hydrogen (secondary N) is 1. The first-order chi connectivity index (χ1) is 5.22. The number of nitrogens with zero attached hydrogens (tertiary/aromatic N) is 2. The zero-order valence-corrected chi connectivity index (χ0v) is 5.66. The number of nitriles is 1. The van der Waals surface area contributed by atoms with Crippen LogP contribution >= 0.6 is 0 Å². The van der Waals surface area contributed by atoms with E-state index in [1.165, 1.54) is 0 Å². The Morgan fingerprint density at radius 2 is 2.45 bits per heavy atom. The molecule has 5 heteroatoms. The summed E-state index contributed by atoms with van der Waals surface area (Å²) in [5.74, 6) is 1.70. The van der Waals surface area contributed by atoms with Crippen molar-refractivity contribution in [3.05, 3.63) is 0 Å². The Kier molecular flexibility index (Phi) is 3.95. The Hall–Kier alpha value is -2.01. The van der Waals surface area contributed by atoms with Gasteiger partial charge in [0.05, 0.1) is 0 Å². The van der Waals surface area contributed by atoms with Crippen LogP contribution in [0.2, 0.25) is 0 Å². The van der Waals surface area contributed by atoms with E-state index < -0.39 is 5.84 Å². The molecule has 0 bridgehead atoms. The van der Waals surface area contributed by atoms with Gasteiger partial charge < -0.3 is 10.6 Å². The molecule has 0 atom stereocenters. The quantitative estimate of drug-likeness (QED) is 0.186. The molecular weight excluding hydrogens is 144 g/mol. The van der Waals surface area contributed by atoms with E-state index in [1.54, 1.807) is 6.07 Å². The average Bonchev–Trinajstić information content (AvgIpc) is 1.97. The maximum absolute atomic E-state index is 8.26. The van der Waals surface area contributed by atoms with Gasteiger partial charge in [0.2, 0.25) is 5.71 Å². The van der Waals surface area contributed by atoms with Gasteiger partial charge in [-0.05, 0) is 0 Å². The van der Waals surface area contributed by atoms with E-state index in [0.29, 0.717) is 0 Å². The monoisotopic (exact) mass is 150 g/mol. The van der Waals surface area contributed by atoms with Crippen LogP contribution in [-0.4, -0.2) is 18.2 Å². The van der Waals surface area contributed by atoms with Crippen molar-refractivity contribution in [3.63, 3.8) is 0 Å². The Bertz CT molecular complexity index is 255. The van der Waals surface area contributed by atoms with E-state index in [0.717, 1.165) is 0 Å². The number of nitrogens with two attached hydrogens (primary N) is 1. The standard InChI is InChI=1S/C6H6N4O/c1-2-3-11-10-5(4-7)6(8)9/h1H,3H2,(H3,8,9). The third kappa shape index (κ3) is 3.55. The molecule has 3 N–H and O–H groups in total. The van der Waals surface area contributed by atoms with Crippen LogP contribution in [0.5, 0.6) is 0 Å². The minimum atomic E-state index is -0.440. The summed E-state index contributed by atoms with van der Waals surface area (Å²) in [6.07, 6.45) is 4.82. The summed E-state index contributed by atoms with van der Waals surface area (Å²) in [5.41, 5.74) is 4.65. The van der Waals surface area contributed by atoms with E-state index in [1.807, 2.05) is 0 Å². The van der Waals surface area contributed by atoms with Crippen LogP contribution in [0, 0.1) is 29.1 Å². The largest absolute Gasteiger partial charge is 0.382 e. The lowest BCUT2D eigenvalue weighted by Crippen LogP contribution is -2.21. The highest BCUT2D eigenvalue weighted by Gasteiger charge is 2.00. The van der Waals surface area contributed by atoms with Gasteiger partial charge in [-0.2, -0.15) is 5.26 Å². The van der Waals surface area contributed by atoms with Crippen LogP contribution in [0.4, 0.5) is 0 Å². The van der Waals surface area contributed by atoms with Crippen LogP contribution in [0.25, 0.3) is 0 Å². The third-order valence-electron chi connectivity index (χ3n) is 0.665. The fourth-order valence-corrected chi connectivity index (χ4v) is 0.264. The fraction of sp³-hybridized carbons (Fsp3) is 0.167. The summed E-state index contributed by atoms with van der Waals surface area (Å²) in [6, 6.07) is 1.57. The smallest absolute Gasteiger partial charge is 0.220 e. The van der Waals surface area contributed by atoms with Gasteiger partial charge in [-0.3, -0.25) is 5.41 Å². The van der Waals surface area contributed by atoms with Crippen LogP contribution in [0.1, 0.15) is 0 Å². The molecule has 0 aromatic heterocycles. The first kappa shape index (κ1) is 8.99. The summed E-state index contributed by atoms with van der Waals surface area (Å²) in [6.45, 7) is -0.0432. The molecule has 0 rings (SSSR count). The van der Waals surface area contributed by atoms with Crippen molar-refractivity contribution in [2.75, 3.05) is 6.61 Å². The van der Waals surface area contributed by atoms with Crippen LogP contribution < -0.4 is 5.73 Å². The van der Waals surface area contributed by atoms with E-state index in [2.05, 4.69) is 15.9 Å². The van der Waals surface area contributed by atoms with Crippen molar-refractivity contribution >= 4 is 11.5 Å². The first-order valence-electron chi connectivity index (χ1n) is 2.60. The molecule has 0 heterocycles. The zero-order valence-electron chi connectivity index (χ0n) is 5.66. The van der Waals surface area contributed by atoms with Gasteiger partial charge >= 0.3 is 0 Å². The Morgan fingerprint density at radius 3 is 2.82 bits per heavy atom. The lowest BCUT2D eigenvalue weighted by Gasteiger charge is -1.92. The summed E-state index contributed by atoms with van der Waals surface area (Å²) in [7, 11) is 0. The van der Waals surface area contributed by atoms with Crippen molar-refractivity contribution < 1.29 is 4.84 Å². The molecule has 0 radical (unpaired) electrons. The molecule has 0 saturated carbocycles. The molecule has 0 aliphatic heterocycles.